The number of piperidine rings is 1. The Morgan fingerprint density at radius 2 is 1.90 bits per heavy atom. The van der Waals surface area contributed by atoms with Crippen LogP contribution in [0.5, 0.6) is 0 Å². The highest BCUT2D eigenvalue weighted by atomic mass is 19.4. The molecule has 0 spiro atoms. The standard InChI is InChI=1S/C14H18F4N2/c15-12-3-1-2-11(8-12)9-19-13-4-6-20(7-5-13)10-14(16,17)18/h1-3,8,13,19H,4-7,9-10H2. The second-order valence-electron chi connectivity index (χ2n) is 5.18. The van der Waals surface area contributed by atoms with Crippen LogP contribution in [0.2, 0.25) is 0 Å². The second kappa shape index (κ2) is 6.54. The number of alkyl halides is 3. The lowest BCUT2D eigenvalue weighted by atomic mass is 10.0. The number of halogens is 4. The summed E-state index contributed by atoms with van der Waals surface area (Å²) in [5.74, 6) is -0.274. The minimum absolute atomic E-state index is 0.197. The van der Waals surface area contributed by atoms with Gasteiger partial charge in [0.2, 0.25) is 0 Å². The summed E-state index contributed by atoms with van der Waals surface area (Å²) in [5, 5.41) is 3.27. The van der Waals surface area contributed by atoms with Gasteiger partial charge in [0, 0.05) is 12.6 Å². The van der Waals surface area contributed by atoms with Crippen LogP contribution in [0.15, 0.2) is 24.3 Å². The summed E-state index contributed by atoms with van der Waals surface area (Å²) in [6, 6.07) is 6.53. The van der Waals surface area contributed by atoms with E-state index in [1.807, 2.05) is 6.07 Å². The molecule has 1 aromatic rings. The van der Waals surface area contributed by atoms with Crippen LogP contribution in [0, 0.1) is 5.82 Å². The summed E-state index contributed by atoms with van der Waals surface area (Å²) in [7, 11) is 0. The van der Waals surface area contributed by atoms with E-state index < -0.39 is 12.7 Å². The first-order valence-corrected chi connectivity index (χ1v) is 6.69. The molecule has 0 amide bonds. The van der Waals surface area contributed by atoms with E-state index in [2.05, 4.69) is 5.32 Å². The lowest BCUT2D eigenvalue weighted by molar-refractivity contribution is -0.148. The molecule has 1 N–H and O–H groups in total. The molecule has 1 aromatic carbocycles. The first kappa shape index (κ1) is 15.3. The van der Waals surface area contributed by atoms with Crippen molar-refractivity contribution in [3.63, 3.8) is 0 Å². The van der Waals surface area contributed by atoms with Crippen LogP contribution in [0.25, 0.3) is 0 Å². The predicted molar refractivity (Wildman–Crippen MR) is 68.8 cm³/mol. The molecule has 112 valence electrons. The van der Waals surface area contributed by atoms with Crippen molar-refractivity contribution in [1.29, 1.82) is 0 Å². The second-order valence-corrected chi connectivity index (χ2v) is 5.18. The quantitative estimate of drug-likeness (QED) is 0.858. The van der Waals surface area contributed by atoms with Gasteiger partial charge in [-0.2, -0.15) is 13.2 Å². The molecule has 1 saturated heterocycles. The molecular weight excluding hydrogens is 272 g/mol. The van der Waals surface area contributed by atoms with Crippen LogP contribution in [0.1, 0.15) is 18.4 Å². The maximum Gasteiger partial charge on any atom is 0.401 e. The van der Waals surface area contributed by atoms with Crippen molar-refractivity contribution >= 4 is 0 Å². The average Bonchev–Trinajstić information content (AvgIpc) is 2.36. The minimum atomic E-state index is -4.12. The van der Waals surface area contributed by atoms with Crippen LogP contribution < -0.4 is 5.32 Å². The molecule has 0 aromatic heterocycles. The van der Waals surface area contributed by atoms with Gasteiger partial charge in [-0.3, -0.25) is 4.90 Å². The topological polar surface area (TPSA) is 15.3 Å². The van der Waals surface area contributed by atoms with Crippen molar-refractivity contribution in [1.82, 2.24) is 10.2 Å². The van der Waals surface area contributed by atoms with Gasteiger partial charge < -0.3 is 5.32 Å². The van der Waals surface area contributed by atoms with Gasteiger partial charge in [-0.15, -0.1) is 0 Å². The molecule has 2 nitrogen and oxygen atoms in total. The minimum Gasteiger partial charge on any atom is -0.310 e. The number of rotatable bonds is 4. The third-order valence-corrected chi connectivity index (χ3v) is 3.47. The maximum absolute atomic E-state index is 13.0. The highest BCUT2D eigenvalue weighted by molar-refractivity contribution is 5.16. The molecule has 2 rings (SSSR count). The number of hydrogen-bond donors (Lipinski definition) is 1. The van der Waals surface area contributed by atoms with E-state index in [1.165, 1.54) is 17.0 Å². The van der Waals surface area contributed by atoms with Crippen molar-refractivity contribution in [2.75, 3.05) is 19.6 Å². The van der Waals surface area contributed by atoms with Crippen LogP contribution in [0.3, 0.4) is 0 Å². The monoisotopic (exact) mass is 290 g/mol. The summed E-state index contributed by atoms with van der Waals surface area (Å²) in [5.41, 5.74) is 0.850. The number of nitrogens with zero attached hydrogens (tertiary/aromatic N) is 1. The summed E-state index contributed by atoms with van der Waals surface area (Å²) in [6.45, 7) is 0.603. The van der Waals surface area contributed by atoms with Crippen LogP contribution in [-0.2, 0) is 6.54 Å². The molecule has 0 bridgehead atoms. The van der Waals surface area contributed by atoms with Crippen molar-refractivity contribution in [3.05, 3.63) is 35.6 Å². The third kappa shape index (κ3) is 5.09. The zero-order valence-corrected chi connectivity index (χ0v) is 11.1. The molecule has 0 aliphatic carbocycles. The van der Waals surface area contributed by atoms with Crippen LogP contribution in [-0.4, -0.2) is 36.8 Å². The van der Waals surface area contributed by atoms with Crippen LogP contribution >= 0.6 is 0 Å². The van der Waals surface area contributed by atoms with E-state index in [1.54, 1.807) is 6.07 Å². The number of benzene rings is 1. The molecule has 0 atom stereocenters. The van der Waals surface area contributed by atoms with Crippen molar-refractivity contribution in [3.8, 4) is 0 Å². The average molecular weight is 290 g/mol. The Morgan fingerprint density at radius 3 is 2.50 bits per heavy atom. The number of nitrogens with one attached hydrogen (secondary N) is 1. The summed E-state index contributed by atoms with van der Waals surface area (Å²) >= 11 is 0. The van der Waals surface area contributed by atoms with Gasteiger partial charge in [-0.05, 0) is 43.6 Å². The van der Waals surface area contributed by atoms with Crippen LogP contribution in [0.4, 0.5) is 17.6 Å². The smallest absolute Gasteiger partial charge is 0.310 e. The lowest BCUT2D eigenvalue weighted by Crippen LogP contribution is -2.45. The van der Waals surface area contributed by atoms with E-state index in [9.17, 15) is 17.6 Å². The lowest BCUT2D eigenvalue weighted by Gasteiger charge is -2.32. The van der Waals surface area contributed by atoms with Crippen molar-refractivity contribution < 1.29 is 17.6 Å². The van der Waals surface area contributed by atoms with Crippen molar-refractivity contribution in [2.45, 2.75) is 31.6 Å². The third-order valence-electron chi connectivity index (χ3n) is 3.47. The Morgan fingerprint density at radius 1 is 1.20 bits per heavy atom. The SMILES string of the molecule is Fc1cccc(CNC2CCN(CC(F)(F)F)CC2)c1. The van der Waals surface area contributed by atoms with Gasteiger partial charge in [0.25, 0.3) is 0 Å². The molecule has 1 heterocycles. The van der Waals surface area contributed by atoms with Crippen molar-refractivity contribution in [2.24, 2.45) is 0 Å². The molecule has 0 radical (unpaired) electrons. The van der Waals surface area contributed by atoms with Gasteiger partial charge in [0.15, 0.2) is 0 Å². The Hall–Kier alpha value is -1.14. The summed E-state index contributed by atoms with van der Waals surface area (Å²) in [4.78, 5) is 1.43. The van der Waals surface area contributed by atoms with Gasteiger partial charge in [-0.25, -0.2) is 4.39 Å². The highest BCUT2D eigenvalue weighted by Gasteiger charge is 2.32. The zero-order chi connectivity index (χ0) is 14.6. The summed E-state index contributed by atoms with van der Waals surface area (Å²) in [6.07, 6.45) is -2.75. The molecule has 0 saturated carbocycles. The molecule has 6 heteroatoms. The largest absolute Gasteiger partial charge is 0.401 e. The van der Waals surface area contributed by atoms with E-state index in [0.29, 0.717) is 32.5 Å². The summed E-state index contributed by atoms with van der Waals surface area (Å²) < 4.78 is 49.8. The molecular formula is C14H18F4N2. The van der Waals surface area contributed by atoms with E-state index >= 15 is 0 Å². The Bertz CT molecular complexity index is 425. The van der Waals surface area contributed by atoms with Gasteiger partial charge in [-0.1, -0.05) is 12.1 Å². The fraction of sp³-hybridized carbons (Fsp3) is 0.571. The Kier molecular flexibility index (Phi) is 4.99. The first-order valence-electron chi connectivity index (χ1n) is 6.69. The molecule has 1 aliphatic rings. The molecule has 1 fully saturated rings. The number of hydrogen-bond acceptors (Lipinski definition) is 2. The first-order chi connectivity index (χ1) is 9.42. The van der Waals surface area contributed by atoms with E-state index in [4.69, 9.17) is 0 Å². The fourth-order valence-corrected chi connectivity index (χ4v) is 2.46. The normalized spacial score (nSPS) is 18.4. The highest BCUT2D eigenvalue weighted by Crippen LogP contribution is 2.20. The predicted octanol–water partition coefficient (Wildman–Crippen LogP) is 2.94. The van der Waals surface area contributed by atoms with E-state index in [-0.39, 0.29) is 11.9 Å². The molecule has 0 unspecified atom stereocenters. The Labute approximate surface area is 115 Å². The number of likely N-dealkylation sites (tertiary alicyclic amines) is 1. The maximum atomic E-state index is 13.0. The van der Waals surface area contributed by atoms with E-state index in [0.717, 1.165) is 5.56 Å². The Balaban J connectivity index is 1.72. The zero-order valence-electron chi connectivity index (χ0n) is 11.1. The molecule has 1 aliphatic heterocycles. The fourth-order valence-electron chi connectivity index (χ4n) is 2.46. The molecule has 20 heavy (non-hydrogen) atoms. The van der Waals surface area contributed by atoms with Gasteiger partial charge in [0.05, 0.1) is 6.54 Å². The van der Waals surface area contributed by atoms with Gasteiger partial charge in [0.1, 0.15) is 5.82 Å². The van der Waals surface area contributed by atoms with Gasteiger partial charge >= 0.3 is 6.18 Å².